The number of benzene rings is 2. The summed E-state index contributed by atoms with van der Waals surface area (Å²) in [4.78, 5) is 17.9. The van der Waals surface area contributed by atoms with Gasteiger partial charge in [-0.1, -0.05) is 30.3 Å². The van der Waals surface area contributed by atoms with Crippen LogP contribution in [0.4, 0.5) is 10.5 Å². The highest BCUT2D eigenvalue weighted by atomic mass is 16.6. The van der Waals surface area contributed by atoms with E-state index in [9.17, 15) is 4.79 Å². The number of imidazole rings is 1. The molecule has 0 spiro atoms. The number of hydrogen-bond acceptors (Lipinski definition) is 3. The number of aryl methyl sites for hydroxylation is 1. The Kier molecular flexibility index (Phi) is 3.78. The maximum atomic E-state index is 12.1. The van der Waals surface area contributed by atoms with Crippen LogP contribution in [0, 0.1) is 0 Å². The third-order valence-corrected chi connectivity index (χ3v) is 3.58. The lowest BCUT2D eigenvalue weighted by Crippen LogP contribution is -2.26. The number of fused-ring (bicyclic) bond motifs is 1. The fourth-order valence-electron chi connectivity index (χ4n) is 2.25. The van der Waals surface area contributed by atoms with E-state index in [1.54, 1.807) is 13.4 Å². The van der Waals surface area contributed by atoms with Crippen molar-refractivity contribution in [2.24, 2.45) is 7.05 Å². The van der Waals surface area contributed by atoms with E-state index >= 15 is 0 Å². The number of hydrogen-bond donors (Lipinski definition) is 0. The highest BCUT2D eigenvalue weighted by Crippen LogP contribution is 2.20. The number of carbonyl (C=O) groups excluding carboxylic acids is 1. The van der Waals surface area contributed by atoms with Crippen LogP contribution in [0.5, 0.6) is 0 Å². The fourth-order valence-corrected chi connectivity index (χ4v) is 2.25. The Hall–Kier alpha value is -2.82. The lowest BCUT2D eigenvalue weighted by molar-refractivity contribution is 0.148. The van der Waals surface area contributed by atoms with Crippen LogP contribution in [0.3, 0.4) is 0 Å². The van der Waals surface area contributed by atoms with Gasteiger partial charge in [0.05, 0.1) is 17.4 Å². The van der Waals surface area contributed by atoms with Crippen LogP contribution < -0.4 is 4.90 Å². The Labute approximate surface area is 128 Å². The summed E-state index contributed by atoms with van der Waals surface area (Å²) in [6.45, 7) is 0.260. The first-order valence-corrected chi connectivity index (χ1v) is 7.00. The Bertz CT molecular complexity index is 796. The quantitative estimate of drug-likeness (QED) is 0.744. The minimum Gasteiger partial charge on any atom is -0.444 e. The van der Waals surface area contributed by atoms with Gasteiger partial charge in [0, 0.05) is 19.8 Å². The average Bonchev–Trinajstić information content (AvgIpc) is 2.93. The second-order valence-corrected chi connectivity index (χ2v) is 5.13. The molecule has 0 bridgehead atoms. The van der Waals surface area contributed by atoms with Gasteiger partial charge in [0.15, 0.2) is 0 Å². The molecule has 0 unspecified atom stereocenters. The van der Waals surface area contributed by atoms with Crippen LogP contribution in [-0.2, 0) is 18.4 Å². The standard InChI is InChI=1S/C17H17N3O2/c1-19-12-18-15-10-14(8-9-16(15)19)20(2)17(21)22-11-13-6-4-3-5-7-13/h3-10,12H,11H2,1-2H3. The van der Waals surface area contributed by atoms with Crippen molar-refractivity contribution in [3.63, 3.8) is 0 Å². The van der Waals surface area contributed by atoms with Gasteiger partial charge in [-0.25, -0.2) is 9.78 Å². The molecule has 22 heavy (non-hydrogen) atoms. The minimum atomic E-state index is -0.390. The molecule has 1 amide bonds. The zero-order valence-electron chi connectivity index (χ0n) is 12.6. The molecule has 3 rings (SSSR count). The molecule has 0 aliphatic heterocycles. The summed E-state index contributed by atoms with van der Waals surface area (Å²) < 4.78 is 7.26. The predicted molar refractivity (Wildman–Crippen MR) is 85.7 cm³/mol. The average molecular weight is 295 g/mol. The van der Waals surface area contributed by atoms with E-state index in [1.807, 2.05) is 60.1 Å². The number of aromatic nitrogens is 2. The molecular formula is C17H17N3O2. The Morgan fingerprint density at radius 3 is 2.77 bits per heavy atom. The van der Waals surface area contributed by atoms with Crippen molar-refractivity contribution in [1.82, 2.24) is 9.55 Å². The Morgan fingerprint density at radius 2 is 2.00 bits per heavy atom. The van der Waals surface area contributed by atoms with E-state index in [-0.39, 0.29) is 12.7 Å². The molecule has 5 nitrogen and oxygen atoms in total. The van der Waals surface area contributed by atoms with E-state index in [4.69, 9.17) is 4.74 Å². The number of nitrogens with zero attached hydrogens (tertiary/aromatic N) is 3. The number of anilines is 1. The SMILES string of the molecule is CN(C(=O)OCc1ccccc1)c1ccc2c(c1)ncn2C. The molecule has 1 aromatic heterocycles. The second-order valence-electron chi connectivity index (χ2n) is 5.13. The van der Waals surface area contributed by atoms with E-state index in [0.717, 1.165) is 22.3 Å². The van der Waals surface area contributed by atoms with E-state index < -0.39 is 0 Å². The van der Waals surface area contributed by atoms with Gasteiger partial charge < -0.3 is 9.30 Å². The fraction of sp³-hybridized carbons (Fsp3) is 0.176. The monoisotopic (exact) mass is 295 g/mol. The van der Waals surface area contributed by atoms with Crippen LogP contribution in [0.1, 0.15) is 5.56 Å². The van der Waals surface area contributed by atoms with Gasteiger partial charge in [0.1, 0.15) is 6.61 Å². The van der Waals surface area contributed by atoms with Gasteiger partial charge in [-0.3, -0.25) is 4.90 Å². The first kappa shape index (κ1) is 14.1. The summed E-state index contributed by atoms with van der Waals surface area (Å²) >= 11 is 0. The maximum absolute atomic E-state index is 12.1. The van der Waals surface area contributed by atoms with Crippen molar-refractivity contribution in [2.45, 2.75) is 6.61 Å². The van der Waals surface area contributed by atoms with Gasteiger partial charge in [0.25, 0.3) is 0 Å². The Balaban J connectivity index is 1.71. The van der Waals surface area contributed by atoms with Gasteiger partial charge in [-0.2, -0.15) is 0 Å². The molecule has 1 heterocycles. The largest absolute Gasteiger partial charge is 0.444 e. The van der Waals surface area contributed by atoms with Gasteiger partial charge >= 0.3 is 6.09 Å². The predicted octanol–water partition coefficient (Wildman–Crippen LogP) is 3.35. The molecule has 0 aliphatic rings. The number of carbonyl (C=O) groups is 1. The third kappa shape index (κ3) is 2.79. The summed E-state index contributed by atoms with van der Waals surface area (Å²) in [5.74, 6) is 0. The van der Waals surface area contributed by atoms with Crippen molar-refractivity contribution < 1.29 is 9.53 Å². The van der Waals surface area contributed by atoms with Crippen LogP contribution in [-0.4, -0.2) is 22.7 Å². The molecule has 5 heteroatoms. The van der Waals surface area contributed by atoms with Gasteiger partial charge in [-0.05, 0) is 23.8 Å². The minimum absolute atomic E-state index is 0.260. The second kappa shape index (κ2) is 5.89. The molecule has 0 saturated carbocycles. The molecule has 0 radical (unpaired) electrons. The summed E-state index contributed by atoms with van der Waals surface area (Å²) in [6.07, 6.45) is 1.36. The Morgan fingerprint density at radius 1 is 1.23 bits per heavy atom. The highest BCUT2D eigenvalue weighted by Gasteiger charge is 2.13. The van der Waals surface area contributed by atoms with E-state index in [0.29, 0.717) is 0 Å². The summed E-state index contributed by atoms with van der Waals surface area (Å²) in [5.41, 5.74) is 3.59. The summed E-state index contributed by atoms with van der Waals surface area (Å²) in [5, 5.41) is 0. The van der Waals surface area contributed by atoms with Crippen molar-refractivity contribution >= 4 is 22.8 Å². The lowest BCUT2D eigenvalue weighted by Gasteiger charge is -2.17. The van der Waals surface area contributed by atoms with E-state index in [1.165, 1.54) is 4.90 Å². The molecule has 112 valence electrons. The molecule has 2 aromatic carbocycles. The summed E-state index contributed by atoms with van der Waals surface area (Å²) in [6, 6.07) is 15.3. The first-order chi connectivity index (χ1) is 10.6. The number of ether oxygens (including phenoxy) is 1. The summed E-state index contributed by atoms with van der Waals surface area (Å²) in [7, 11) is 3.63. The molecule has 0 atom stereocenters. The molecule has 0 fully saturated rings. The maximum Gasteiger partial charge on any atom is 0.414 e. The number of rotatable bonds is 3. The van der Waals surface area contributed by atoms with E-state index in [2.05, 4.69) is 4.98 Å². The zero-order chi connectivity index (χ0) is 15.5. The third-order valence-electron chi connectivity index (χ3n) is 3.58. The van der Waals surface area contributed by atoms with Gasteiger partial charge in [0.2, 0.25) is 0 Å². The van der Waals surface area contributed by atoms with Crippen LogP contribution in [0.25, 0.3) is 11.0 Å². The molecular weight excluding hydrogens is 278 g/mol. The molecule has 3 aromatic rings. The number of amides is 1. The van der Waals surface area contributed by atoms with Crippen molar-refractivity contribution in [2.75, 3.05) is 11.9 Å². The van der Waals surface area contributed by atoms with Crippen molar-refractivity contribution in [3.05, 3.63) is 60.4 Å². The lowest BCUT2D eigenvalue weighted by atomic mass is 10.2. The van der Waals surface area contributed by atoms with Crippen molar-refractivity contribution in [1.29, 1.82) is 0 Å². The highest BCUT2D eigenvalue weighted by molar-refractivity contribution is 5.90. The first-order valence-electron chi connectivity index (χ1n) is 7.00. The smallest absolute Gasteiger partial charge is 0.414 e. The van der Waals surface area contributed by atoms with Crippen LogP contribution in [0.2, 0.25) is 0 Å². The topological polar surface area (TPSA) is 47.4 Å². The van der Waals surface area contributed by atoms with Gasteiger partial charge in [-0.15, -0.1) is 0 Å². The molecule has 0 N–H and O–H groups in total. The normalized spacial score (nSPS) is 10.6. The van der Waals surface area contributed by atoms with Crippen LogP contribution in [0.15, 0.2) is 54.9 Å². The van der Waals surface area contributed by atoms with Crippen molar-refractivity contribution in [3.8, 4) is 0 Å². The zero-order valence-corrected chi connectivity index (χ0v) is 12.6. The molecule has 0 aliphatic carbocycles. The van der Waals surface area contributed by atoms with Crippen LogP contribution >= 0.6 is 0 Å². The molecule has 0 saturated heterocycles.